The number of fused-ring (bicyclic) bond motifs is 1. The predicted molar refractivity (Wildman–Crippen MR) is 90.8 cm³/mol. The molecule has 8 nitrogen and oxygen atoms in total. The van der Waals surface area contributed by atoms with Crippen LogP contribution in [0.4, 0.5) is 0 Å². The summed E-state index contributed by atoms with van der Waals surface area (Å²) in [5, 5.41) is 11.5. The summed E-state index contributed by atoms with van der Waals surface area (Å²) >= 11 is 1.25. The summed E-state index contributed by atoms with van der Waals surface area (Å²) in [5.74, 6) is 0.546. The third-order valence-electron chi connectivity index (χ3n) is 3.94. The van der Waals surface area contributed by atoms with Crippen molar-refractivity contribution in [3.05, 3.63) is 17.5 Å². The minimum atomic E-state index is -3.05. The van der Waals surface area contributed by atoms with Crippen LogP contribution in [0.3, 0.4) is 0 Å². The summed E-state index contributed by atoms with van der Waals surface area (Å²) in [6.07, 6.45) is 0.446. The zero-order valence-corrected chi connectivity index (χ0v) is 15.4. The summed E-state index contributed by atoms with van der Waals surface area (Å²) in [5.41, 5.74) is 1.12. The molecule has 1 atom stereocenters. The van der Waals surface area contributed by atoms with Crippen LogP contribution in [0, 0.1) is 13.8 Å². The van der Waals surface area contributed by atoms with Crippen LogP contribution >= 0.6 is 11.8 Å². The Kier molecular flexibility index (Phi) is 4.28. The highest BCUT2D eigenvalue weighted by Crippen LogP contribution is 2.24. The Balaban J connectivity index is 1.67. The van der Waals surface area contributed by atoms with Crippen LogP contribution < -0.4 is 5.32 Å². The van der Waals surface area contributed by atoms with E-state index in [2.05, 4.69) is 20.5 Å². The molecule has 1 amide bonds. The van der Waals surface area contributed by atoms with Crippen molar-refractivity contribution in [2.24, 2.45) is 0 Å². The monoisotopic (exact) mass is 369 g/mol. The Hall–Kier alpha value is -1.68. The number of rotatable bonds is 4. The van der Waals surface area contributed by atoms with E-state index >= 15 is 0 Å². The van der Waals surface area contributed by atoms with Crippen molar-refractivity contribution in [2.75, 3.05) is 17.3 Å². The van der Waals surface area contributed by atoms with Gasteiger partial charge >= 0.3 is 0 Å². The van der Waals surface area contributed by atoms with Crippen LogP contribution in [-0.2, 0) is 14.6 Å². The fraction of sp³-hybridized carbons (Fsp3) is 0.571. The molecule has 0 saturated carbocycles. The molecule has 0 bridgehead atoms. The van der Waals surface area contributed by atoms with Crippen molar-refractivity contribution < 1.29 is 13.2 Å². The summed E-state index contributed by atoms with van der Waals surface area (Å²) in [6, 6.07) is 1.92. The normalized spacial score (nSPS) is 22.8. The molecule has 3 rings (SSSR count). The van der Waals surface area contributed by atoms with Crippen LogP contribution in [-0.4, -0.2) is 56.7 Å². The number of hydrogen-bond donors (Lipinski definition) is 1. The van der Waals surface area contributed by atoms with E-state index < -0.39 is 15.4 Å². The topological polar surface area (TPSA) is 106 Å². The van der Waals surface area contributed by atoms with Gasteiger partial charge in [0.1, 0.15) is 0 Å². The molecule has 0 spiro atoms. The fourth-order valence-electron chi connectivity index (χ4n) is 2.91. The van der Waals surface area contributed by atoms with Gasteiger partial charge in [-0.05, 0) is 33.3 Å². The molecule has 2 aromatic rings. The molecule has 0 aliphatic carbocycles. The number of hydrogen-bond acceptors (Lipinski definition) is 7. The summed E-state index contributed by atoms with van der Waals surface area (Å²) in [7, 11) is -3.05. The highest BCUT2D eigenvalue weighted by Gasteiger charge is 2.39. The standard InChI is InChI=1S/C14H19N5O3S2/c1-9-6-10(2)19-12(15-9)17-18-13(19)23-7-11(20)16-14(3)4-5-24(21,22)8-14/h6H,4-5,7-8H2,1-3H3,(H,16,20)/t14-/m1/s1. The molecule has 1 aliphatic heterocycles. The number of nitrogens with one attached hydrogen (secondary N) is 1. The van der Waals surface area contributed by atoms with Gasteiger partial charge in [0.05, 0.1) is 22.8 Å². The van der Waals surface area contributed by atoms with Gasteiger partial charge in [0.2, 0.25) is 5.91 Å². The lowest BCUT2D eigenvalue weighted by molar-refractivity contribution is -0.120. The van der Waals surface area contributed by atoms with Gasteiger partial charge in [-0.3, -0.25) is 9.20 Å². The number of carbonyl (C=O) groups excluding carboxylic acids is 1. The molecule has 24 heavy (non-hydrogen) atoms. The molecule has 0 aromatic carbocycles. The van der Waals surface area contributed by atoms with Crippen molar-refractivity contribution in [3.63, 3.8) is 0 Å². The van der Waals surface area contributed by atoms with Crippen LogP contribution in [0.25, 0.3) is 5.78 Å². The fourth-order valence-corrected chi connectivity index (χ4v) is 5.78. The van der Waals surface area contributed by atoms with Crippen molar-refractivity contribution >= 4 is 33.3 Å². The number of aromatic nitrogens is 4. The molecule has 10 heteroatoms. The number of carbonyl (C=O) groups is 1. The van der Waals surface area contributed by atoms with E-state index in [0.29, 0.717) is 17.4 Å². The van der Waals surface area contributed by atoms with Gasteiger partial charge in [-0.1, -0.05) is 11.8 Å². The molecule has 1 aliphatic rings. The van der Waals surface area contributed by atoms with Gasteiger partial charge < -0.3 is 5.32 Å². The van der Waals surface area contributed by atoms with Gasteiger partial charge in [0, 0.05) is 11.4 Å². The van der Waals surface area contributed by atoms with E-state index in [4.69, 9.17) is 0 Å². The van der Waals surface area contributed by atoms with Gasteiger partial charge in [-0.25, -0.2) is 13.4 Å². The second-order valence-corrected chi connectivity index (χ2v) is 9.52. The molecule has 3 heterocycles. The maximum absolute atomic E-state index is 12.2. The Bertz CT molecular complexity index is 909. The predicted octanol–water partition coefficient (Wildman–Crippen LogP) is 0.527. The minimum absolute atomic E-state index is 0.00737. The number of nitrogens with zero attached hydrogens (tertiary/aromatic N) is 4. The molecule has 0 radical (unpaired) electrons. The van der Waals surface area contributed by atoms with E-state index in [1.54, 1.807) is 11.3 Å². The first-order chi connectivity index (χ1) is 11.2. The summed E-state index contributed by atoms with van der Waals surface area (Å²) in [6.45, 7) is 5.58. The van der Waals surface area contributed by atoms with E-state index in [9.17, 15) is 13.2 Å². The number of amides is 1. The lowest BCUT2D eigenvalue weighted by Gasteiger charge is -2.23. The maximum Gasteiger partial charge on any atom is 0.256 e. The smallest absolute Gasteiger partial charge is 0.256 e. The quantitative estimate of drug-likeness (QED) is 0.783. The lowest BCUT2D eigenvalue weighted by atomic mass is 10.0. The Morgan fingerprint density at radius 3 is 2.83 bits per heavy atom. The van der Waals surface area contributed by atoms with E-state index in [1.807, 2.05) is 19.9 Å². The van der Waals surface area contributed by atoms with E-state index in [0.717, 1.165) is 11.4 Å². The van der Waals surface area contributed by atoms with Gasteiger partial charge in [0.15, 0.2) is 15.0 Å². The average Bonchev–Trinajstić information content (AvgIpc) is 2.97. The van der Waals surface area contributed by atoms with Gasteiger partial charge in [-0.2, -0.15) is 0 Å². The third kappa shape index (κ3) is 3.54. The van der Waals surface area contributed by atoms with Crippen LogP contribution in [0.15, 0.2) is 11.2 Å². The van der Waals surface area contributed by atoms with Crippen LogP contribution in [0.2, 0.25) is 0 Å². The Morgan fingerprint density at radius 2 is 2.17 bits per heavy atom. The first kappa shape index (κ1) is 17.2. The van der Waals surface area contributed by atoms with Crippen molar-refractivity contribution in [1.82, 2.24) is 24.9 Å². The van der Waals surface area contributed by atoms with E-state index in [1.165, 1.54) is 11.8 Å². The van der Waals surface area contributed by atoms with Crippen molar-refractivity contribution in [1.29, 1.82) is 0 Å². The zero-order chi connectivity index (χ0) is 17.5. The summed E-state index contributed by atoms with van der Waals surface area (Å²) in [4.78, 5) is 16.5. The molecular weight excluding hydrogens is 350 g/mol. The molecule has 130 valence electrons. The average molecular weight is 369 g/mol. The van der Waals surface area contributed by atoms with Crippen molar-refractivity contribution in [2.45, 2.75) is 37.9 Å². The molecular formula is C14H19N5O3S2. The lowest BCUT2D eigenvalue weighted by Crippen LogP contribution is -2.47. The number of aryl methyl sites for hydroxylation is 2. The molecule has 2 aromatic heterocycles. The van der Waals surface area contributed by atoms with Gasteiger partial charge in [-0.15, -0.1) is 10.2 Å². The second kappa shape index (κ2) is 5.99. The number of sulfone groups is 1. The van der Waals surface area contributed by atoms with Gasteiger partial charge in [0.25, 0.3) is 5.78 Å². The molecule has 1 saturated heterocycles. The van der Waals surface area contributed by atoms with Crippen LogP contribution in [0.1, 0.15) is 24.7 Å². The first-order valence-electron chi connectivity index (χ1n) is 7.51. The third-order valence-corrected chi connectivity index (χ3v) is 6.77. The highest BCUT2D eigenvalue weighted by molar-refractivity contribution is 7.99. The SMILES string of the molecule is Cc1cc(C)n2c(SCC(=O)N[C@]3(C)CCS(=O)(=O)C3)nnc2n1. The molecule has 0 unspecified atom stereocenters. The number of thioether (sulfide) groups is 1. The first-order valence-corrected chi connectivity index (χ1v) is 10.3. The maximum atomic E-state index is 12.2. The largest absolute Gasteiger partial charge is 0.349 e. The molecule has 1 N–H and O–H groups in total. The second-order valence-electron chi connectivity index (χ2n) is 6.40. The Labute approximate surface area is 144 Å². The zero-order valence-electron chi connectivity index (χ0n) is 13.7. The van der Waals surface area contributed by atoms with E-state index in [-0.39, 0.29) is 23.2 Å². The minimum Gasteiger partial charge on any atom is -0.349 e. The summed E-state index contributed by atoms with van der Waals surface area (Å²) < 4.78 is 25.0. The van der Waals surface area contributed by atoms with Crippen molar-refractivity contribution in [3.8, 4) is 0 Å². The Morgan fingerprint density at radius 1 is 1.42 bits per heavy atom. The van der Waals surface area contributed by atoms with Crippen LogP contribution in [0.5, 0.6) is 0 Å². The highest BCUT2D eigenvalue weighted by atomic mass is 32.2. The molecule has 1 fully saturated rings.